The van der Waals surface area contributed by atoms with E-state index in [4.69, 9.17) is 15.2 Å². The largest absolute Gasteiger partial charge is 0.493 e. The van der Waals surface area contributed by atoms with Crippen LogP contribution in [0.3, 0.4) is 0 Å². The molecule has 2 amide bonds. The number of rotatable bonds is 11. The summed E-state index contributed by atoms with van der Waals surface area (Å²) in [5.74, 6) is 1.84. The summed E-state index contributed by atoms with van der Waals surface area (Å²) in [6, 6.07) is 6.90. The number of nitrogen functional groups attached to an aromatic ring is 1. The number of fused-ring (bicyclic) bond motifs is 1. The Morgan fingerprint density at radius 3 is 2.35 bits per heavy atom. The van der Waals surface area contributed by atoms with Gasteiger partial charge in [-0.2, -0.15) is 13.2 Å². The van der Waals surface area contributed by atoms with Gasteiger partial charge in [0.25, 0.3) is 0 Å². The third-order valence-electron chi connectivity index (χ3n) is 8.23. The summed E-state index contributed by atoms with van der Waals surface area (Å²) in [4.78, 5) is 35.0. The molecule has 13 heteroatoms. The number of ether oxygens (including phenoxy) is 2. The van der Waals surface area contributed by atoms with Crippen molar-refractivity contribution in [3.05, 3.63) is 52.8 Å². The second kappa shape index (κ2) is 15.3. The Morgan fingerprint density at radius 2 is 1.71 bits per heavy atom. The van der Waals surface area contributed by atoms with Gasteiger partial charge >= 0.3 is 12.3 Å². The maximum absolute atomic E-state index is 13.5. The normalized spacial score (nSPS) is 14.9. The first-order chi connectivity index (χ1) is 22.5. The van der Waals surface area contributed by atoms with E-state index in [1.165, 1.54) is 6.07 Å². The number of carbonyl (C=O) groups is 2. The molecule has 0 radical (unpaired) electrons. The van der Waals surface area contributed by atoms with Crippen LogP contribution in [0.4, 0.5) is 29.5 Å². The van der Waals surface area contributed by atoms with Crippen molar-refractivity contribution in [3.8, 4) is 5.75 Å². The Kier molecular flexibility index (Phi) is 11.6. The van der Waals surface area contributed by atoms with E-state index in [2.05, 4.69) is 20.6 Å². The maximum atomic E-state index is 13.5. The highest BCUT2D eigenvalue weighted by Crippen LogP contribution is 2.39. The second-order valence-corrected chi connectivity index (χ2v) is 13.5. The minimum absolute atomic E-state index is 0.0248. The molecule has 1 aliphatic heterocycles. The number of alkyl halides is 3. The Balaban J connectivity index is 1.55. The summed E-state index contributed by atoms with van der Waals surface area (Å²) in [5.41, 5.74) is 6.68. The third-order valence-corrected chi connectivity index (χ3v) is 8.23. The number of hydrogen-bond donors (Lipinski definition) is 3. The number of aryl methyl sites for hydroxylation is 1. The summed E-state index contributed by atoms with van der Waals surface area (Å²) in [6.45, 7) is 12.8. The van der Waals surface area contributed by atoms with E-state index in [1.807, 2.05) is 37.8 Å². The second-order valence-electron chi connectivity index (χ2n) is 13.5. The lowest BCUT2D eigenvalue weighted by atomic mass is 9.88. The molecular formula is C35H47F3N6O4. The first-order valence-electron chi connectivity index (χ1n) is 16.4. The number of nitrogens with two attached hydrogens (primary N) is 1. The number of halogens is 3. The van der Waals surface area contributed by atoms with Crippen LogP contribution in [0.25, 0.3) is 10.9 Å². The molecule has 1 fully saturated rings. The molecule has 4 N–H and O–H groups in total. The van der Waals surface area contributed by atoms with Crippen LogP contribution in [0, 0.1) is 6.92 Å². The number of alkyl carbamates (subject to hydrolysis) is 1. The molecule has 48 heavy (non-hydrogen) atoms. The fourth-order valence-electron chi connectivity index (χ4n) is 5.80. The lowest BCUT2D eigenvalue weighted by molar-refractivity contribution is -0.137. The van der Waals surface area contributed by atoms with Crippen LogP contribution in [0.2, 0.25) is 0 Å². The molecule has 2 aromatic carbocycles. The molecule has 0 aliphatic carbocycles. The number of piperidine rings is 1. The van der Waals surface area contributed by atoms with Crippen molar-refractivity contribution in [2.75, 3.05) is 37.4 Å². The number of nitrogens with zero attached hydrogens (tertiary/aromatic N) is 3. The van der Waals surface area contributed by atoms with E-state index in [9.17, 15) is 22.8 Å². The van der Waals surface area contributed by atoms with E-state index < -0.39 is 23.9 Å². The topological polar surface area (TPSA) is 132 Å². The first kappa shape index (κ1) is 36.5. The Morgan fingerprint density at radius 1 is 1.02 bits per heavy atom. The molecule has 1 aromatic heterocycles. The minimum Gasteiger partial charge on any atom is -0.493 e. The molecule has 0 saturated carbocycles. The van der Waals surface area contributed by atoms with Crippen molar-refractivity contribution in [2.45, 2.75) is 97.3 Å². The van der Waals surface area contributed by atoms with Crippen LogP contribution in [0.15, 0.2) is 30.3 Å². The van der Waals surface area contributed by atoms with E-state index >= 15 is 0 Å². The smallest absolute Gasteiger partial charge is 0.416 e. The molecule has 0 bridgehead atoms. The van der Waals surface area contributed by atoms with Crippen molar-refractivity contribution >= 4 is 34.4 Å². The number of benzene rings is 2. The van der Waals surface area contributed by atoms with Gasteiger partial charge in [0.2, 0.25) is 5.91 Å². The van der Waals surface area contributed by atoms with Gasteiger partial charge in [-0.15, -0.1) is 0 Å². The fourth-order valence-corrected chi connectivity index (χ4v) is 5.80. The number of likely N-dealkylation sites (tertiary alicyclic amines) is 1. The van der Waals surface area contributed by atoms with Gasteiger partial charge in [-0.05, 0) is 108 Å². The number of hydrogen-bond acceptors (Lipinski definition) is 8. The summed E-state index contributed by atoms with van der Waals surface area (Å²) in [6.07, 6.45) is -1.20. The number of amides is 2. The van der Waals surface area contributed by atoms with Gasteiger partial charge in [0.1, 0.15) is 17.4 Å². The van der Waals surface area contributed by atoms with E-state index in [0.717, 1.165) is 48.8 Å². The van der Waals surface area contributed by atoms with Crippen LogP contribution in [0.5, 0.6) is 5.75 Å². The van der Waals surface area contributed by atoms with Crippen LogP contribution >= 0.6 is 0 Å². The first-order valence-corrected chi connectivity index (χ1v) is 16.4. The van der Waals surface area contributed by atoms with Gasteiger partial charge in [-0.1, -0.05) is 0 Å². The minimum atomic E-state index is -4.53. The molecule has 3 aromatic rings. The van der Waals surface area contributed by atoms with Crippen molar-refractivity contribution in [3.63, 3.8) is 0 Å². The summed E-state index contributed by atoms with van der Waals surface area (Å²) in [7, 11) is 0. The van der Waals surface area contributed by atoms with E-state index in [0.29, 0.717) is 61.2 Å². The SMILES string of the molecule is CC(=O)N1CCC(c2cc3c(N[C@H](C)c4cc(N)cc(C(F)(F)F)c4)nc(C)nc3cc2OCCCCCOC(=O)NC(C)(C)C)CC1. The number of carbonyl (C=O) groups excluding carboxylic acids is 2. The van der Waals surface area contributed by atoms with E-state index in [-0.39, 0.29) is 23.1 Å². The molecule has 4 rings (SSSR count). The Labute approximate surface area is 280 Å². The molecule has 1 atom stereocenters. The van der Waals surface area contributed by atoms with Crippen LogP contribution < -0.4 is 21.1 Å². The zero-order valence-corrected chi connectivity index (χ0v) is 28.6. The lowest BCUT2D eigenvalue weighted by Crippen LogP contribution is -2.41. The predicted octanol–water partition coefficient (Wildman–Crippen LogP) is 7.51. The molecule has 0 spiro atoms. The monoisotopic (exact) mass is 672 g/mol. The van der Waals surface area contributed by atoms with Crippen molar-refractivity contribution in [1.82, 2.24) is 20.2 Å². The summed E-state index contributed by atoms with van der Waals surface area (Å²) >= 11 is 0. The Hall–Kier alpha value is -4.29. The molecule has 1 saturated heterocycles. The molecule has 0 unspecified atom stereocenters. The molecular weight excluding hydrogens is 625 g/mol. The summed E-state index contributed by atoms with van der Waals surface area (Å²) < 4.78 is 52.2. The van der Waals surface area contributed by atoms with Gasteiger partial charge in [0.15, 0.2) is 0 Å². The lowest BCUT2D eigenvalue weighted by Gasteiger charge is -2.32. The molecule has 2 heterocycles. The van der Waals surface area contributed by atoms with Crippen LogP contribution in [0.1, 0.15) is 101 Å². The van der Waals surface area contributed by atoms with Crippen molar-refractivity contribution in [1.29, 1.82) is 0 Å². The van der Waals surface area contributed by atoms with E-state index in [1.54, 1.807) is 20.8 Å². The fraction of sp³-hybridized carbons (Fsp3) is 0.543. The van der Waals surface area contributed by atoms with Crippen molar-refractivity contribution < 1.29 is 32.2 Å². The number of aromatic nitrogens is 2. The zero-order chi connectivity index (χ0) is 35.2. The number of anilines is 2. The van der Waals surface area contributed by atoms with Gasteiger partial charge < -0.3 is 30.7 Å². The van der Waals surface area contributed by atoms with Gasteiger partial charge in [-0.25, -0.2) is 14.8 Å². The van der Waals surface area contributed by atoms with Gasteiger partial charge in [0.05, 0.1) is 30.3 Å². The zero-order valence-electron chi connectivity index (χ0n) is 28.6. The molecule has 1 aliphatic rings. The van der Waals surface area contributed by atoms with Crippen LogP contribution in [-0.4, -0.2) is 58.7 Å². The van der Waals surface area contributed by atoms with Crippen LogP contribution in [-0.2, 0) is 15.7 Å². The highest BCUT2D eigenvalue weighted by atomic mass is 19.4. The highest BCUT2D eigenvalue weighted by molar-refractivity contribution is 5.91. The van der Waals surface area contributed by atoms with Gasteiger partial charge in [-0.3, -0.25) is 4.79 Å². The molecule has 262 valence electrons. The highest BCUT2D eigenvalue weighted by Gasteiger charge is 2.32. The molecule has 10 nitrogen and oxygen atoms in total. The summed E-state index contributed by atoms with van der Waals surface area (Å²) in [5, 5.41) is 6.79. The average molecular weight is 673 g/mol. The average Bonchev–Trinajstić information content (AvgIpc) is 2.98. The van der Waals surface area contributed by atoms with Gasteiger partial charge in [0, 0.05) is 42.7 Å². The van der Waals surface area contributed by atoms with Crippen molar-refractivity contribution in [2.24, 2.45) is 0 Å². The predicted molar refractivity (Wildman–Crippen MR) is 180 cm³/mol. The maximum Gasteiger partial charge on any atom is 0.416 e. The third kappa shape index (κ3) is 10.1. The Bertz CT molecular complexity index is 1600. The number of nitrogens with one attached hydrogen (secondary N) is 2. The number of unbranched alkanes of at least 4 members (excludes halogenated alkanes) is 2. The standard InChI is InChI=1S/C35H47F3N6O4/c1-21(25-16-26(35(36,37)38)18-27(39)17-25)40-32-29-19-28(24-10-12-44(13-11-24)23(3)45)31(20-30(29)41-22(2)42-32)47-14-8-7-9-15-48-33(46)43-34(4,5)6/h16-21,24H,7-15,39H2,1-6H3,(H,43,46)(H,40,41,42)/t21-/m1/s1. The quantitative estimate of drug-likeness (QED) is 0.141.